The standard InChI is InChI=1S/C22H38N4O2/c1-3-23-22(24-13-5-6-16-28-4-2)25-17-19-7-9-21(10-8-19)26-14-11-20(18-27)12-15-26/h7-10,20,27H,3-6,11-18H2,1-2H3,(H2,23,24,25). The Morgan fingerprint density at radius 2 is 1.89 bits per heavy atom. The highest BCUT2D eigenvalue weighted by Crippen LogP contribution is 2.23. The van der Waals surface area contributed by atoms with E-state index in [1.807, 2.05) is 6.92 Å². The number of ether oxygens (including phenoxy) is 1. The van der Waals surface area contributed by atoms with Crippen LogP contribution in [0, 0.1) is 5.92 Å². The Hall–Kier alpha value is -1.79. The van der Waals surface area contributed by atoms with Crippen LogP contribution in [0.4, 0.5) is 5.69 Å². The maximum Gasteiger partial charge on any atom is 0.191 e. The van der Waals surface area contributed by atoms with Gasteiger partial charge in [0, 0.05) is 51.7 Å². The molecule has 2 rings (SSSR count). The van der Waals surface area contributed by atoms with E-state index < -0.39 is 0 Å². The van der Waals surface area contributed by atoms with Crippen molar-refractivity contribution in [1.29, 1.82) is 0 Å². The van der Waals surface area contributed by atoms with Crippen LogP contribution in [0.15, 0.2) is 29.3 Å². The highest BCUT2D eigenvalue weighted by Gasteiger charge is 2.18. The monoisotopic (exact) mass is 390 g/mol. The van der Waals surface area contributed by atoms with Gasteiger partial charge in [0.25, 0.3) is 0 Å². The number of aliphatic hydroxyl groups excluding tert-OH is 1. The molecule has 0 aromatic heterocycles. The molecule has 158 valence electrons. The molecule has 1 heterocycles. The van der Waals surface area contributed by atoms with E-state index in [1.54, 1.807) is 0 Å². The second-order valence-electron chi connectivity index (χ2n) is 7.31. The topological polar surface area (TPSA) is 69.1 Å². The minimum Gasteiger partial charge on any atom is -0.396 e. The third-order valence-corrected chi connectivity index (χ3v) is 5.15. The van der Waals surface area contributed by atoms with E-state index >= 15 is 0 Å². The van der Waals surface area contributed by atoms with Gasteiger partial charge in [-0.25, -0.2) is 4.99 Å². The zero-order valence-corrected chi connectivity index (χ0v) is 17.6. The first-order chi connectivity index (χ1) is 13.8. The molecule has 0 unspecified atom stereocenters. The molecule has 0 amide bonds. The minimum absolute atomic E-state index is 0.319. The third-order valence-electron chi connectivity index (χ3n) is 5.15. The molecular weight excluding hydrogens is 352 g/mol. The van der Waals surface area contributed by atoms with Crippen molar-refractivity contribution in [3.63, 3.8) is 0 Å². The van der Waals surface area contributed by atoms with E-state index in [2.05, 4.69) is 46.7 Å². The molecule has 6 nitrogen and oxygen atoms in total. The normalized spacial score (nSPS) is 15.7. The highest BCUT2D eigenvalue weighted by atomic mass is 16.5. The molecule has 1 aliphatic heterocycles. The first kappa shape index (κ1) is 22.5. The molecule has 3 N–H and O–H groups in total. The second-order valence-corrected chi connectivity index (χ2v) is 7.31. The summed E-state index contributed by atoms with van der Waals surface area (Å²) in [7, 11) is 0. The maximum atomic E-state index is 9.28. The number of nitrogens with one attached hydrogen (secondary N) is 2. The number of hydrogen-bond acceptors (Lipinski definition) is 4. The van der Waals surface area contributed by atoms with Crippen LogP contribution in [0.1, 0.15) is 45.1 Å². The zero-order chi connectivity index (χ0) is 20.0. The summed E-state index contributed by atoms with van der Waals surface area (Å²) < 4.78 is 5.37. The average Bonchev–Trinajstić information content (AvgIpc) is 2.75. The minimum atomic E-state index is 0.319. The largest absolute Gasteiger partial charge is 0.396 e. The van der Waals surface area contributed by atoms with Gasteiger partial charge >= 0.3 is 0 Å². The lowest BCUT2D eigenvalue weighted by Gasteiger charge is -2.32. The van der Waals surface area contributed by atoms with Crippen LogP contribution in [0.5, 0.6) is 0 Å². The molecule has 1 fully saturated rings. The predicted molar refractivity (Wildman–Crippen MR) is 117 cm³/mol. The number of rotatable bonds is 11. The second kappa shape index (κ2) is 13.4. The van der Waals surface area contributed by atoms with Gasteiger partial charge in [-0.2, -0.15) is 0 Å². The third kappa shape index (κ3) is 8.07. The summed E-state index contributed by atoms with van der Waals surface area (Å²) in [5, 5.41) is 16.0. The van der Waals surface area contributed by atoms with Gasteiger partial charge in [0.2, 0.25) is 0 Å². The fourth-order valence-electron chi connectivity index (χ4n) is 3.38. The summed E-state index contributed by atoms with van der Waals surface area (Å²) in [6.45, 7) is 10.5. The number of anilines is 1. The van der Waals surface area contributed by atoms with Crippen molar-refractivity contribution in [2.75, 3.05) is 50.9 Å². The van der Waals surface area contributed by atoms with Crippen molar-refractivity contribution in [2.45, 2.75) is 46.1 Å². The fourth-order valence-corrected chi connectivity index (χ4v) is 3.38. The Morgan fingerprint density at radius 3 is 2.54 bits per heavy atom. The first-order valence-corrected chi connectivity index (χ1v) is 10.8. The summed E-state index contributed by atoms with van der Waals surface area (Å²) >= 11 is 0. The molecule has 0 spiro atoms. The van der Waals surface area contributed by atoms with Crippen molar-refractivity contribution in [1.82, 2.24) is 10.6 Å². The average molecular weight is 391 g/mol. The number of piperidine rings is 1. The van der Waals surface area contributed by atoms with Crippen molar-refractivity contribution in [2.24, 2.45) is 10.9 Å². The molecule has 0 saturated carbocycles. The lowest BCUT2D eigenvalue weighted by Crippen LogP contribution is -2.37. The van der Waals surface area contributed by atoms with E-state index in [9.17, 15) is 5.11 Å². The molecule has 0 radical (unpaired) electrons. The molecule has 1 aliphatic rings. The van der Waals surface area contributed by atoms with E-state index in [1.165, 1.54) is 11.3 Å². The summed E-state index contributed by atoms with van der Waals surface area (Å²) in [6, 6.07) is 8.72. The molecule has 0 aliphatic carbocycles. The molecule has 28 heavy (non-hydrogen) atoms. The summed E-state index contributed by atoms with van der Waals surface area (Å²) in [5.41, 5.74) is 2.48. The van der Waals surface area contributed by atoms with Crippen LogP contribution in [-0.4, -0.2) is 57.1 Å². The SMILES string of the molecule is CCNC(=NCc1ccc(N2CCC(CO)CC2)cc1)NCCCCOCC. The fraction of sp³-hybridized carbons (Fsp3) is 0.682. The van der Waals surface area contributed by atoms with Gasteiger partial charge in [-0.3, -0.25) is 0 Å². The van der Waals surface area contributed by atoms with Crippen LogP contribution in [0.25, 0.3) is 0 Å². The van der Waals surface area contributed by atoms with Crippen molar-refractivity contribution >= 4 is 11.6 Å². The van der Waals surface area contributed by atoms with E-state index in [-0.39, 0.29) is 0 Å². The van der Waals surface area contributed by atoms with Crippen molar-refractivity contribution in [3.8, 4) is 0 Å². The molecule has 1 aromatic carbocycles. The number of unbranched alkanes of at least 4 members (excludes halogenated alkanes) is 1. The number of aliphatic hydroxyl groups is 1. The van der Waals surface area contributed by atoms with Gasteiger partial charge in [0.1, 0.15) is 0 Å². The first-order valence-electron chi connectivity index (χ1n) is 10.8. The molecule has 0 bridgehead atoms. The van der Waals surface area contributed by atoms with Crippen molar-refractivity contribution in [3.05, 3.63) is 29.8 Å². The predicted octanol–water partition coefficient (Wildman–Crippen LogP) is 2.77. The smallest absolute Gasteiger partial charge is 0.191 e. The molecule has 6 heteroatoms. The lowest BCUT2D eigenvalue weighted by molar-refractivity contribution is 0.143. The van der Waals surface area contributed by atoms with Crippen LogP contribution < -0.4 is 15.5 Å². The van der Waals surface area contributed by atoms with E-state index in [4.69, 9.17) is 9.73 Å². The molecule has 1 saturated heterocycles. The number of aliphatic imine (C=N–C) groups is 1. The number of benzene rings is 1. The molecule has 0 atom stereocenters. The van der Waals surface area contributed by atoms with Gasteiger partial charge in [-0.05, 0) is 63.1 Å². The van der Waals surface area contributed by atoms with Gasteiger partial charge in [-0.1, -0.05) is 12.1 Å². The Kier molecular flexibility index (Phi) is 10.8. The highest BCUT2D eigenvalue weighted by molar-refractivity contribution is 5.79. The van der Waals surface area contributed by atoms with Crippen LogP contribution in [0.3, 0.4) is 0 Å². The molecular formula is C22H38N4O2. The Bertz CT molecular complexity index is 554. The van der Waals surface area contributed by atoms with Gasteiger partial charge in [0.05, 0.1) is 6.54 Å². The van der Waals surface area contributed by atoms with Gasteiger partial charge in [-0.15, -0.1) is 0 Å². The van der Waals surface area contributed by atoms with Crippen LogP contribution >= 0.6 is 0 Å². The molecule has 1 aromatic rings. The lowest BCUT2D eigenvalue weighted by atomic mass is 9.97. The maximum absolute atomic E-state index is 9.28. The van der Waals surface area contributed by atoms with Gasteiger partial charge < -0.3 is 25.4 Å². The Balaban J connectivity index is 1.78. The van der Waals surface area contributed by atoms with Crippen molar-refractivity contribution < 1.29 is 9.84 Å². The summed E-state index contributed by atoms with van der Waals surface area (Å²) in [5.74, 6) is 1.34. The van der Waals surface area contributed by atoms with E-state index in [0.29, 0.717) is 19.1 Å². The Morgan fingerprint density at radius 1 is 1.14 bits per heavy atom. The number of nitrogens with zero attached hydrogens (tertiary/aromatic N) is 2. The number of guanidine groups is 1. The quantitative estimate of drug-likeness (QED) is 0.308. The van der Waals surface area contributed by atoms with Gasteiger partial charge in [0.15, 0.2) is 5.96 Å². The summed E-state index contributed by atoms with van der Waals surface area (Å²) in [4.78, 5) is 7.11. The number of hydrogen-bond donors (Lipinski definition) is 3. The van der Waals surface area contributed by atoms with Crippen LogP contribution in [-0.2, 0) is 11.3 Å². The summed E-state index contributed by atoms with van der Waals surface area (Å²) in [6.07, 6.45) is 4.29. The van der Waals surface area contributed by atoms with Crippen LogP contribution in [0.2, 0.25) is 0 Å². The van der Waals surface area contributed by atoms with E-state index in [0.717, 1.165) is 71.0 Å². The zero-order valence-electron chi connectivity index (χ0n) is 17.6. The Labute approximate surface area is 170 Å².